The van der Waals surface area contributed by atoms with E-state index in [4.69, 9.17) is 4.98 Å². The molecule has 0 unspecified atom stereocenters. The van der Waals surface area contributed by atoms with Gasteiger partial charge in [0.15, 0.2) is 5.82 Å². The van der Waals surface area contributed by atoms with E-state index in [1.165, 1.54) is 17.2 Å². The fourth-order valence-electron chi connectivity index (χ4n) is 5.01. The second kappa shape index (κ2) is 9.14. The molecule has 0 aliphatic heterocycles. The lowest BCUT2D eigenvalue weighted by Gasteiger charge is -2.17. The standard InChI is InChI=1S/C27H30FN5O/c1-16-23-22(32-31-16)15-21(28)26-24(23)19-7-5-4-6-8-20(19)25(30-26)17-9-11-18(12-10-17)27(34)29-13-14-33(2)3/h9-12,15H,4-8,13-14H2,1-3H3,(H,29,34)(H,31,32). The minimum absolute atomic E-state index is 0.0948. The Labute approximate surface area is 198 Å². The van der Waals surface area contributed by atoms with Crippen molar-refractivity contribution < 1.29 is 9.18 Å². The zero-order valence-corrected chi connectivity index (χ0v) is 20.0. The van der Waals surface area contributed by atoms with Crippen LogP contribution in [-0.2, 0) is 12.8 Å². The van der Waals surface area contributed by atoms with Crippen molar-refractivity contribution in [2.75, 3.05) is 27.2 Å². The van der Waals surface area contributed by atoms with Crippen molar-refractivity contribution in [2.24, 2.45) is 0 Å². The Morgan fingerprint density at radius 3 is 2.56 bits per heavy atom. The van der Waals surface area contributed by atoms with Crippen LogP contribution in [0.5, 0.6) is 0 Å². The van der Waals surface area contributed by atoms with Crippen molar-refractivity contribution in [1.29, 1.82) is 0 Å². The van der Waals surface area contributed by atoms with Gasteiger partial charge in [-0.05, 0) is 70.0 Å². The van der Waals surface area contributed by atoms with Gasteiger partial charge in [0.25, 0.3) is 5.91 Å². The maximum Gasteiger partial charge on any atom is 0.251 e. The molecule has 2 aromatic heterocycles. The number of likely N-dealkylation sites (N-methyl/N-ethyl adjacent to an activating group) is 1. The first-order chi connectivity index (χ1) is 16.4. The molecule has 34 heavy (non-hydrogen) atoms. The summed E-state index contributed by atoms with van der Waals surface area (Å²) in [4.78, 5) is 19.4. The molecule has 5 rings (SSSR count). The first kappa shape index (κ1) is 22.5. The number of fused-ring (bicyclic) bond motifs is 5. The molecule has 6 nitrogen and oxygen atoms in total. The molecule has 0 radical (unpaired) electrons. The monoisotopic (exact) mass is 459 g/mol. The summed E-state index contributed by atoms with van der Waals surface area (Å²) in [7, 11) is 3.95. The third kappa shape index (κ3) is 4.05. The molecule has 0 spiro atoms. The van der Waals surface area contributed by atoms with Gasteiger partial charge in [-0.25, -0.2) is 9.37 Å². The number of hydrogen-bond donors (Lipinski definition) is 2. The molecular weight excluding hydrogens is 429 g/mol. The molecule has 0 atom stereocenters. The number of halogens is 1. The Hall–Kier alpha value is -3.32. The van der Waals surface area contributed by atoms with E-state index in [2.05, 4.69) is 15.5 Å². The van der Waals surface area contributed by atoms with Gasteiger partial charge in [-0.3, -0.25) is 9.89 Å². The summed E-state index contributed by atoms with van der Waals surface area (Å²) >= 11 is 0. The average Bonchev–Trinajstić information content (AvgIpc) is 3.03. The lowest BCUT2D eigenvalue weighted by molar-refractivity contribution is 0.0951. The maximum atomic E-state index is 15.3. The number of pyridine rings is 1. The number of aryl methyl sites for hydroxylation is 2. The summed E-state index contributed by atoms with van der Waals surface area (Å²) in [5.74, 6) is -0.443. The molecule has 2 aromatic carbocycles. The third-order valence-electron chi connectivity index (χ3n) is 6.75. The number of aromatic amines is 1. The summed E-state index contributed by atoms with van der Waals surface area (Å²) in [6.45, 7) is 3.35. The van der Waals surface area contributed by atoms with E-state index < -0.39 is 0 Å². The topological polar surface area (TPSA) is 73.9 Å². The number of aromatic nitrogens is 3. The molecule has 0 saturated carbocycles. The van der Waals surface area contributed by atoms with Crippen molar-refractivity contribution in [1.82, 2.24) is 25.4 Å². The van der Waals surface area contributed by atoms with Crippen molar-refractivity contribution in [3.8, 4) is 11.3 Å². The highest BCUT2D eigenvalue weighted by Crippen LogP contribution is 2.39. The van der Waals surface area contributed by atoms with E-state index in [-0.39, 0.29) is 11.7 Å². The van der Waals surface area contributed by atoms with Gasteiger partial charge >= 0.3 is 0 Å². The van der Waals surface area contributed by atoms with Crippen LogP contribution in [0.15, 0.2) is 30.3 Å². The van der Waals surface area contributed by atoms with Gasteiger partial charge in [0.2, 0.25) is 0 Å². The van der Waals surface area contributed by atoms with Crippen LogP contribution < -0.4 is 5.32 Å². The summed E-state index contributed by atoms with van der Waals surface area (Å²) in [5.41, 5.74) is 6.71. The number of nitrogens with zero attached hydrogens (tertiary/aromatic N) is 3. The molecule has 2 heterocycles. The van der Waals surface area contributed by atoms with E-state index in [1.54, 1.807) is 0 Å². The molecule has 0 fully saturated rings. The van der Waals surface area contributed by atoms with Gasteiger partial charge in [-0.2, -0.15) is 5.10 Å². The zero-order valence-electron chi connectivity index (χ0n) is 20.0. The van der Waals surface area contributed by atoms with Gasteiger partial charge in [0.05, 0.1) is 11.2 Å². The van der Waals surface area contributed by atoms with Crippen LogP contribution >= 0.6 is 0 Å². The van der Waals surface area contributed by atoms with Crippen molar-refractivity contribution in [3.63, 3.8) is 0 Å². The SMILES string of the molecule is Cc1[nH]nc2cc(F)c3nc(-c4ccc(C(=O)NCCN(C)C)cc4)c4c(c3c12)CCCCC4. The molecule has 0 bridgehead atoms. The van der Waals surface area contributed by atoms with Gasteiger partial charge in [-0.1, -0.05) is 18.6 Å². The van der Waals surface area contributed by atoms with Gasteiger partial charge < -0.3 is 10.2 Å². The molecule has 1 aliphatic rings. The number of amides is 1. The molecule has 1 amide bonds. The highest BCUT2D eigenvalue weighted by Gasteiger charge is 2.23. The zero-order chi connectivity index (χ0) is 23.8. The quantitative estimate of drug-likeness (QED) is 0.421. The van der Waals surface area contributed by atoms with E-state index in [9.17, 15) is 4.79 Å². The fourth-order valence-corrected chi connectivity index (χ4v) is 5.01. The number of benzene rings is 2. The highest BCUT2D eigenvalue weighted by atomic mass is 19.1. The molecule has 0 saturated heterocycles. The van der Waals surface area contributed by atoms with Gasteiger partial charge in [-0.15, -0.1) is 0 Å². The summed E-state index contributed by atoms with van der Waals surface area (Å²) in [6, 6.07) is 8.99. The van der Waals surface area contributed by atoms with Crippen LogP contribution in [0, 0.1) is 12.7 Å². The van der Waals surface area contributed by atoms with Gasteiger partial charge in [0.1, 0.15) is 5.52 Å². The first-order valence-electron chi connectivity index (χ1n) is 12.0. The molecule has 7 heteroatoms. The third-order valence-corrected chi connectivity index (χ3v) is 6.75. The lowest BCUT2D eigenvalue weighted by atomic mass is 9.91. The fraction of sp³-hybridized carbons (Fsp3) is 0.370. The van der Waals surface area contributed by atoms with Crippen molar-refractivity contribution in [3.05, 3.63) is 58.5 Å². The van der Waals surface area contributed by atoms with Crippen LogP contribution in [0.4, 0.5) is 4.39 Å². The minimum Gasteiger partial charge on any atom is -0.351 e. The summed E-state index contributed by atoms with van der Waals surface area (Å²) < 4.78 is 15.3. The Kier molecular flexibility index (Phi) is 6.04. The van der Waals surface area contributed by atoms with E-state index in [1.807, 2.05) is 50.2 Å². The predicted molar refractivity (Wildman–Crippen MR) is 134 cm³/mol. The Bertz CT molecular complexity index is 1370. The summed E-state index contributed by atoms with van der Waals surface area (Å²) in [6.07, 6.45) is 5.12. The maximum absolute atomic E-state index is 15.3. The number of carbonyl (C=O) groups is 1. The van der Waals surface area contributed by atoms with Crippen molar-refractivity contribution in [2.45, 2.75) is 39.0 Å². The minimum atomic E-state index is -0.348. The van der Waals surface area contributed by atoms with E-state index >= 15 is 4.39 Å². The van der Waals surface area contributed by atoms with Crippen LogP contribution in [0.3, 0.4) is 0 Å². The van der Waals surface area contributed by atoms with Crippen LogP contribution in [-0.4, -0.2) is 53.2 Å². The highest BCUT2D eigenvalue weighted by molar-refractivity contribution is 6.09. The normalized spacial score (nSPS) is 13.9. The van der Waals surface area contributed by atoms with E-state index in [0.29, 0.717) is 23.1 Å². The molecule has 1 aliphatic carbocycles. The Morgan fingerprint density at radius 2 is 1.82 bits per heavy atom. The average molecular weight is 460 g/mol. The first-order valence-corrected chi connectivity index (χ1v) is 12.0. The lowest BCUT2D eigenvalue weighted by Crippen LogP contribution is -2.31. The molecule has 4 aromatic rings. The molecule has 176 valence electrons. The number of hydrogen-bond acceptors (Lipinski definition) is 4. The Balaban J connectivity index is 1.61. The number of rotatable bonds is 5. The predicted octanol–water partition coefficient (Wildman–Crippen LogP) is 4.79. The molecule has 2 N–H and O–H groups in total. The van der Waals surface area contributed by atoms with Crippen LogP contribution in [0.25, 0.3) is 33.1 Å². The smallest absolute Gasteiger partial charge is 0.251 e. The van der Waals surface area contributed by atoms with Crippen molar-refractivity contribution >= 4 is 27.7 Å². The van der Waals surface area contributed by atoms with Crippen LogP contribution in [0.1, 0.15) is 46.4 Å². The largest absolute Gasteiger partial charge is 0.351 e. The molecular formula is C27H30FN5O. The van der Waals surface area contributed by atoms with Crippen LogP contribution in [0.2, 0.25) is 0 Å². The second-order valence-corrected chi connectivity index (χ2v) is 9.44. The summed E-state index contributed by atoms with van der Waals surface area (Å²) in [5, 5.41) is 12.1. The Morgan fingerprint density at radius 1 is 1.09 bits per heavy atom. The number of carbonyl (C=O) groups excluding carboxylic acids is 1. The van der Waals surface area contributed by atoms with E-state index in [0.717, 1.165) is 66.4 Å². The number of nitrogens with one attached hydrogen (secondary N) is 2. The second-order valence-electron chi connectivity index (χ2n) is 9.44. The number of H-pyrrole nitrogens is 1. The van der Waals surface area contributed by atoms with Gasteiger partial charge in [0, 0.05) is 46.7 Å².